The number of thiophene rings is 1. The monoisotopic (exact) mass is 389 g/mol. The van der Waals surface area contributed by atoms with Crippen LogP contribution >= 0.6 is 11.3 Å². The van der Waals surface area contributed by atoms with Gasteiger partial charge in [-0.3, -0.25) is 14.4 Å². The van der Waals surface area contributed by atoms with E-state index in [4.69, 9.17) is 4.74 Å². The second-order valence-electron chi connectivity index (χ2n) is 7.52. The Morgan fingerprint density at radius 3 is 2.81 bits per heavy atom. The van der Waals surface area contributed by atoms with Gasteiger partial charge in [0.15, 0.2) is 0 Å². The van der Waals surface area contributed by atoms with Gasteiger partial charge >= 0.3 is 5.97 Å². The number of fused-ring (bicyclic) bond motifs is 1. The summed E-state index contributed by atoms with van der Waals surface area (Å²) in [4.78, 5) is 45.9. The molecule has 1 aliphatic carbocycles. The average Bonchev–Trinajstić information content (AvgIpc) is 3.28. The molecule has 2 aromatic heterocycles. The van der Waals surface area contributed by atoms with E-state index in [1.165, 1.54) is 11.3 Å². The summed E-state index contributed by atoms with van der Waals surface area (Å²) in [6.07, 6.45) is 4.09. The van der Waals surface area contributed by atoms with Crippen LogP contribution in [0.3, 0.4) is 0 Å². The number of esters is 1. The number of H-pyrrole nitrogens is 1. The van der Waals surface area contributed by atoms with Crippen LogP contribution in [-0.4, -0.2) is 34.0 Å². The quantitative estimate of drug-likeness (QED) is 0.780. The molecule has 27 heavy (non-hydrogen) atoms. The van der Waals surface area contributed by atoms with Crippen LogP contribution in [0.1, 0.15) is 48.4 Å². The van der Waals surface area contributed by atoms with E-state index in [9.17, 15) is 14.4 Å². The molecule has 1 amide bonds. The Bertz CT molecular complexity index is 971. The maximum Gasteiger partial charge on any atom is 0.307 e. The van der Waals surface area contributed by atoms with Crippen LogP contribution in [-0.2, 0) is 20.7 Å². The first kappa shape index (κ1) is 18.2. The van der Waals surface area contributed by atoms with Crippen LogP contribution < -0.4 is 10.9 Å². The zero-order chi connectivity index (χ0) is 19.2. The van der Waals surface area contributed by atoms with Crippen LogP contribution in [0.4, 0.5) is 0 Å². The summed E-state index contributed by atoms with van der Waals surface area (Å²) in [6, 6.07) is 0. The van der Waals surface area contributed by atoms with Crippen molar-refractivity contribution < 1.29 is 14.3 Å². The minimum absolute atomic E-state index is 0.136. The maximum atomic E-state index is 12.6. The molecular weight excluding hydrogens is 366 g/mol. The van der Waals surface area contributed by atoms with Gasteiger partial charge in [0.25, 0.3) is 5.56 Å². The largest absolute Gasteiger partial charge is 0.458 e. The van der Waals surface area contributed by atoms with Crippen molar-refractivity contribution in [3.8, 4) is 0 Å². The Balaban J connectivity index is 1.42. The van der Waals surface area contributed by atoms with Gasteiger partial charge in [-0.25, -0.2) is 4.98 Å². The predicted octanol–water partition coefficient (Wildman–Crippen LogP) is 2.14. The lowest BCUT2D eigenvalue weighted by atomic mass is 9.85. The third-order valence-electron chi connectivity index (χ3n) is 5.84. The lowest BCUT2D eigenvalue weighted by Crippen LogP contribution is -2.43. The van der Waals surface area contributed by atoms with Crippen molar-refractivity contribution in [3.63, 3.8) is 0 Å². The molecule has 144 valence electrons. The van der Waals surface area contributed by atoms with Crippen molar-refractivity contribution in [2.24, 2.45) is 5.92 Å². The number of amides is 1. The van der Waals surface area contributed by atoms with Gasteiger partial charge in [-0.1, -0.05) is 0 Å². The highest BCUT2D eigenvalue weighted by molar-refractivity contribution is 7.18. The van der Waals surface area contributed by atoms with Crippen molar-refractivity contribution in [2.75, 3.05) is 6.54 Å². The third-order valence-corrected chi connectivity index (χ3v) is 6.94. The standard InChI is InChI=1S/C19H23N3O4S/c1-10-11(2)27-18-15(10)17(25)21-13(22-18)5-8-20-16(24)12-9-14(23)26-19(12)6-3-4-7-19/h12H,3-9H2,1-2H3,(H,20,24)(H,21,22,25)/t12-/m0/s1. The number of hydrogen-bond donors (Lipinski definition) is 2. The van der Waals surface area contributed by atoms with Crippen LogP contribution in [0.2, 0.25) is 0 Å². The fourth-order valence-corrected chi connectivity index (χ4v) is 5.34. The van der Waals surface area contributed by atoms with Gasteiger partial charge in [0, 0.05) is 17.8 Å². The van der Waals surface area contributed by atoms with E-state index in [0.717, 1.165) is 41.0 Å². The molecule has 1 saturated heterocycles. The van der Waals surface area contributed by atoms with Crippen LogP contribution in [0.5, 0.6) is 0 Å². The number of carbonyl (C=O) groups is 2. The molecule has 8 heteroatoms. The van der Waals surface area contributed by atoms with Gasteiger partial charge in [0.1, 0.15) is 16.3 Å². The topological polar surface area (TPSA) is 101 Å². The SMILES string of the molecule is Cc1sc2nc(CCNC(=O)[C@@H]3CC(=O)OC34CCCC4)[nH]c(=O)c2c1C. The lowest BCUT2D eigenvalue weighted by molar-refractivity contribution is -0.149. The normalized spacial score (nSPS) is 21.1. The van der Waals surface area contributed by atoms with E-state index >= 15 is 0 Å². The number of nitrogens with one attached hydrogen (secondary N) is 2. The second kappa shape index (κ2) is 6.74. The summed E-state index contributed by atoms with van der Waals surface area (Å²) >= 11 is 1.51. The van der Waals surface area contributed by atoms with Crippen molar-refractivity contribution >= 4 is 33.4 Å². The number of nitrogens with zero attached hydrogens (tertiary/aromatic N) is 1. The molecule has 1 saturated carbocycles. The van der Waals surface area contributed by atoms with Crippen molar-refractivity contribution in [2.45, 2.75) is 58.0 Å². The summed E-state index contributed by atoms with van der Waals surface area (Å²) in [7, 11) is 0. The number of hydrogen-bond acceptors (Lipinski definition) is 6. The molecule has 0 radical (unpaired) electrons. The Hall–Kier alpha value is -2.22. The second-order valence-corrected chi connectivity index (χ2v) is 8.72. The van der Waals surface area contributed by atoms with Crippen molar-refractivity contribution in [1.29, 1.82) is 0 Å². The molecule has 4 rings (SSSR count). The number of carbonyl (C=O) groups excluding carboxylic acids is 2. The molecule has 1 atom stereocenters. The molecule has 7 nitrogen and oxygen atoms in total. The van der Waals surface area contributed by atoms with Crippen LogP contribution in [0.25, 0.3) is 10.2 Å². The fraction of sp³-hybridized carbons (Fsp3) is 0.579. The molecule has 1 spiro atoms. The van der Waals surface area contributed by atoms with Crippen LogP contribution in [0, 0.1) is 19.8 Å². The van der Waals surface area contributed by atoms with E-state index in [-0.39, 0.29) is 23.9 Å². The zero-order valence-electron chi connectivity index (χ0n) is 15.5. The molecule has 2 fully saturated rings. The van der Waals surface area contributed by atoms with Crippen molar-refractivity contribution in [3.05, 3.63) is 26.6 Å². The highest BCUT2D eigenvalue weighted by atomic mass is 32.1. The maximum absolute atomic E-state index is 12.6. The molecule has 0 unspecified atom stereocenters. The number of aromatic nitrogens is 2. The van der Waals surface area contributed by atoms with Gasteiger partial charge in [0.2, 0.25) is 5.91 Å². The van der Waals surface area contributed by atoms with Gasteiger partial charge in [-0.2, -0.15) is 0 Å². The predicted molar refractivity (Wildman–Crippen MR) is 102 cm³/mol. The van der Waals surface area contributed by atoms with E-state index in [1.807, 2.05) is 13.8 Å². The first-order valence-corrected chi connectivity index (χ1v) is 10.2. The number of ether oxygens (including phenoxy) is 1. The molecule has 1 aliphatic heterocycles. The van der Waals surface area contributed by atoms with E-state index in [2.05, 4.69) is 15.3 Å². The molecule has 3 heterocycles. The highest BCUT2D eigenvalue weighted by Crippen LogP contribution is 2.45. The Kier molecular flexibility index (Phi) is 4.53. The van der Waals surface area contributed by atoms with Crippen molar-refractivity contribution in [1.82, 2.24) is 15.3 Å². The van der Waals surface area contributed by atoms with E-state index in [0.29, 0.717) is 24.2 Å². The molecule has 2 aromatic rings. The smallest absolute Gasteiger partial charge is 0.307 e. The minimum atomic E-state index is -0.599. The van der Waals surface area contributed by atoms with E-state index < -0.39 is 11.5 Å². The minimum Gasteiger partial charge on any atom is -0.458 e. The fourth-order valence-electron chi connectivity index (χ4n) is 4.29. The third kappa shape index (κ3) is 3.16. The van der Waals surface area contributed by atoms with Gasteiger partial charge < -0.3 is 15.0 Å². The summed E-state index contributed by atoms with van der Waals surface area (Å²) in [5.41, 5.74) is 0.234. The zero-order valence-corrected chi connectivity index (χ0v) is 16.3. The molecule has 0 bridgehead atoms. The average molecular weight is 389 g/mol. The Morgan fingerprint density at radius 2 is 2.07 bits per heavy atom. The first-order valence-electron chi connectivity index (χ1n) is 9.38. The number of aromatic amines is 1. The highest BCUT2D eigenvalue weighted by Gasteiger charge is 2.53. The van der Waals surface area contributed by atoms with E-state index in [1.54, 1.807) is 0 Å². The summed E-state index contributed by atoms with van der Waals surface area (Å²) in [6.45, 7) is 4.26. The molecule has 0 aromatic carbocycles. The lowest BCUT2D eigenvalue weighted by Gasteiger charge is -2.27. The number of rotatable bonds is 4. The first-order chi connectivity index (χ1) is 12.9. The van der Waals surface area contributed by atoms with Gasteiger partial charge in [-0.05, 0) is 45.1 Å². The summed E-state index contributed by atoms with van der Waals surface area (Å²) in [5, 5.41) is 3.55. The molecule has 2 N–H and O–H groups in total. The van der Waals surface area contributed by atoms with Gasteiger partial charge in [0.05, 0.1) is 17.7 Å². The van der Waals surface area contributed by atoms with Gasteiger partial charge in [-0.15, -0.1) is 11.3 Å². The summed E-state index contributed by atoms with van der Waals surface area (Å²) in [5.74, 6) is -0.279. The van der Waals surface area contributed by atoms with Crippen LogP contribution in [0.15, 0.2) is 4.79 Å². The molecule has 2 aliphatic rings. The Labute approximate surface area is 160 Å². The number of aryl methyl sites for hydroxylation is 2. The summed E-state index contributed by atoms with van der Waals surface area (Å²) < 4.78 is 5.53. The Morgan fingerprint density at radius 1 is 1.33 bits per heavy atom. The molecular formula is C19H23N3O4S.